The molecule has 17 heavy (non-hydrogen) atoms. The molecular weight excluding hydrogens is 337 g/mol. The SMILES string of the molecule is CC(I)C(=O)OCCOCC[NH+]1CCOCC1. The third-order valence-electron chi connectivity index (χ3n) is 2.60. The van der Waals surface area contributed by atoms with E-state index in [1.807, 2.05) is 29.5 Å². The maximum Gasteiger partial charge on any atom is 0.318 e. The minimum absolute atomic E-state index is 0.0922. The van der Waals surface area contributed by atoms with Crippen molar-refractivity contribution in [2.75, 3.05) is 52.7 Å². The number of hydrogen-bond donors (Lipinski definition) is 1. The van der Waals surface area contributed by atoms with Crippen LogP contribution in [0, 0.1) is 0 Å². The third kappa shape index (κ3) is 7.17. The van der Waals surface area contributed by atoms with Crippen LogP contribution in [-0.4, -0.2) is 62.6 Å². The first-order valence-corrected chi connectivity index (χ1v) is 7.24. The molecule has 0 aromatic rings. The first kappa shape index (κ1) is 15.1. The molecule has 1 rings (SSSR count). The topological polar surface area (TPSA) is 49.2 Å². The van der Waals surface area contributed by atoms with Crippen molar-refractivity contribution in [3.8, 4) is 0 Å². The Hall–Kier alpha value is 0.0800. The average molecular weight is 358 g/mol. The number of esters is 1. The summed E-state index contributed by atoms with van der Waals surface area (Å²) in [5, 5.41) is 0. The summed E-state index contributed by atoms with van der Waals surface area (Å²) in [4.78, 5) is 12.6. The number of alkyl halides is 1. The summed E-state index contributed by atoms with van der Waals surface area (Å²) in [5.41, 5.74) is 0. The van der Waals surface area contributed by atoms with E-state index in [1.165, 1.54) is 4.90 Å². The molecule has 1 atom stereocenters. The molecule has 0 aromatic carbocycles. The first-order valence-electron chi connectivity index (χ1n) is 6.00. The Kier molecular flexibility index (Phi) is 8.08. The van der Waals surface area contributed by atoms with Gasteiger partial charge in [-0.25, -0.2) is 0 Å². The largest absolute Gasteiger partial charge is 0.462 e. The first-order chi connectivity index (χ1) is 8.20. The van der Waals surface area contributed by atoms with Crippen LogP contribution in [0.1, 0.15) is 6.92 Å². The number of rotatable bonds is 7. The Labute approximate surface area is 116 Å². The third-order valence-corrected chi connectivity index (χ3v) is 3.11. The molecule has 0 aliphatic carbocycles. The van der Waals surface area contributed by atoms with E-state index in [4.69, 9.17) is 14.2 Å². The van der Waals surface area contributed by atoms with Crippen LogP contribution in [0.25, 0.3) is 0 Å². The van der Waals surface area contributed by atoms with Gasteiger partial charge in [-0.3, -0.25) is 4.79 Å². The summed E-state index contributed by atoms with van der Waals surface area (Å²) in [6, 6.07) is 0. The molecule has 0 saturated carbocycles. The maximum atomic E-state index is 11.1. The Morgan fingerprint density at radius 3 is 2.71 bits per heavy atom. The predicted molar refractivity (Wildman–Crippen MR) is 71.6 cm³/mol. The van der Waals surface area contributed by atoms with Gasteiger partial charge >= 0.3 is 5.97 Å². The van der Waals surface area contributed by atoms with Crippen LogP contribution < -0.4 is 4.90 Å². The zero-order chi connectivity index (χ0) is 12.5. The van der Waals surface area contributed by atoms with E-state index in [9.17, 15) is 4.79 Å². The van der Waals surface area contributed by atoms with Crippen molar-refractivity contribution in [2.45, 2.75) is 10.8 Å². The number of carbonyl (C=O) groups excluding carboxylic acids is 1. The number of nitrogens with one attached hydrogen (secondary N) is 1. The smallest absolute Gasteiger partial charge is 0.318 e. The molecule has 0 bridgehead atoms. The lowest BCUT2D eigenvalue weighted by Gasteiger charge is -2.23. The fourth-order valence-corrected chi connectivity index (χ4v) is 1.72. The van der Waals surface area contributed by atoms with E-state index in [-0.39, 0.29) is 9.89 Å². The van der Waals surface area contributed by atoms with Gasteiger partial charge in [-0.05, 0) is 6.92 Å². The van der Waals surface area contributed by atoms with Gasteiger partial charge in [-0.2, -0.15) is 0 Å². The van der Waals surface area contributed by atoms with Crippen LogP contribution in [0.4, 0.5) is 0 Å². The van der Waals surface area contributed by atoms with Crippen molar-refractivity contribution in [1.29, 1.82) is 0 Å². The van der Waals surface area contributed by atoms with Gasteiger partial charge in [-0.1, -0.05) is 22.6 Å². The van der Waals surface area contributed by atoms with Crippen LogP contribution in [0.3, 0.4) is 0 Å². The van der Waals surface area contributed by atoms with E-state index in [1.54, 1.807) is 0 Å². The van der Waals surface area contributed by atoms with Crippen LogP contribution in [-0.2, 0) is 19.0 Å². The van der Waals surface area contributed by atoms with Crippen LogP contribution >= 0.6 is 22.6 Å². The molecule has 0 aromatic heterocycles. The van der Waals surface area contributed by atoms with E-state index in [2.05, 4.69) is 0 Å². The highest BCUT2D eigenvalue weighted by Gasteiger charge is 2.13. The second kappa shape index (κ2) is 9.07. The van der Waals surface area contributed by atoms with Crippen molar-refractivity contribution in [2.24, 2.45) is 0 Å². The highest BCUT2D eigenvalue weighted by Crippen LogP contribution is 2.00. The average Bonchev–Trinajstić information content (AvgIpc) is 2.34. The molecule has 0 spiro atoms. The highest BCUT2D eigenvalue weighted by molar-refractivity contribution is 14.1. The molecule has 6 heteroatoms. The second-order valence-electron chi connectivity index (χ2n) is 4.01. The zero-order valence-corrected chi connectivity index (χ0v) is 12.4. The molecule has 1 heterocycles. The Morgan fingerprint density at radius 2 is 2.06 bits per heavy atom. The molecule has 1 saturated heterocycles. The van der Waals surface area contributed by atoms with Crippen LogP contribution in [0.5, 0.6) is 0 Å². The van der Waals surface area contributed by atoms with Gasteiger partial charge in [0.2, 0.25) is 0 Å². The monoisotopic (exact) mass is 358 g/mol. The van der Waals surface area contributed by atoms with Crippen molar-refractivity contribution in [3.05, 3.63) is 0 Å². The van der Waals surface area contributed by atoms with Gasteiger partial charge in [0.05, 0.1) is 26.4 Å². The van der Waals surface area contributed by atoms with Crippen molar-refractivity contribution < 1.29 is 23.9 Å². The van der Waals surface area contributed by atoms with Gasteiger partial charge in [0, 0.05) is 0 Å². The quantitative estimate of drug-likeness (QED) is 0.283. The lowest BCUT2D eigenvalue weighted by molar-refractivity contribution is -0.908. The Morgan fingerprint density at radius 1 is 1.35 bits per heavy atom. The van der Waals surface area contributed by atoms with Crippen molar-refractivity contribution in [1.82, 2.24) is 0 Å². The van der Waals surface area contributed by atoms with Gasteiger partial charge in [-0.15, -0.1) is 0 Å². The van der Waals surface area contributed by atoms with E-state index in [0.29, 0.717) is 19.8 Å². The predicted octanol–water partition coefficient (Wildman–Crippen LogP) is -0.715. The molecule has 1 aliphatic rings. The second-order valence-corrected chi connectivity index (χ2v) is 5.88. The van der Waals surface area contributed by atoms with Crippen LogP contribution in [0.15, 0.2) is 0 Å². The maximum absolute atomic E-state index is 11.1. The van der Waals surface area contributed by atoms with Crippen molar-refractivity contribution in [3.63, 3.8) is 0 Å². The highest BCUT2D eigenvalue weighted by atomic mass is 127. The van der Waals surface area contributed by atoms with Gasteiger partial charge in [0.15, 0.2) is 0 Å². The molecule has 100 valence electrons. The summed E-state index contributed by atoms with van der Waals surface area (Å²) in [5.74, 6) is -0.173. The van der Waals surface area contributed by atoms with Crippen LogP contribution in [0.2, 0.25) is 0 Å². The Bertz CT molecular complexity index is 220. The Balaban J connectivity index is 1.88. The lowest BCUT2D eigenvalue weighted by Crippen LogP contribution is -3.14. The molecule has 0 amide bonds. The number of carbonyl (C=O) groups is 1. The molecule has 1 aliphatic heterocycles. The van der Waals surface area contributed by atoms with E-state index < -0.39 is 0 Å². The number of quaternary nitrogens is 1. The fourth-order valence-electron chi connectivity index (χ4n) is 1.54. The van der Waals surface area contributed by atoms with E-state index in [0.717, 1.165) is 32.8 Å². The van der Waals surface area contributed by atoms with E-state index >= 15 is 0 Å². The number of ether oxygens (including phenoxy) is 3. The standard InChI is InChI=1S/C11H20INO4/c1-10(12)11(14)17-9-8-16-7-4-13-2-5-15-6-3-13/h10H,2-9H2,1H3/p+1. The number of hydrogen-bond acceptors (Lipinski definition) is 4. The minimum atomic E-state index is -0.173. The lowest BCUT2D eigenvalue weighted by atomic mass is 10.4. The fraction of sp³-hybridized carbons (Fsp3) is 0.909. The molecular formula is C11H21INO4+. The van der Waals surface area contributed by atoms with Gasteiger partial charge in [0.1, 0.15) is 30.2 Å². The summed E-state index contributed by atoms with van der Waals surface area (Å²) < 4.78 is 15.6. The molecule has 0 radical (unpaired) electrons. The van der Waals surface area contributed by atoms with Crippen molar-refractivity contribution >= 4 is 28.6 Å². The van der Waals surface area contributed by atoms with Gasteiger partial charge in [0.25, 0.3) is 0 Å². The summed E-state index contributed by atoms with van der Waals surface area (Å²) in [6.07, 6.45) is 0. The number of halogens is 1. The molecule has 1 fully saturated rings. The number of morpholine rings is 1. The zero-order valence-electron chi connectivity index (χ0n) is 10.2. The molecule has 1 unspecified atom stereocenters. The molecule has 5 nitrogen and oxygen atoms in total. The summed E-state index contributed by atoms with van der Waals surface area (Å²) >= 11 is 2.04. The minimum Gasteiger partial charge on any atom is -0.462 e. The summed E-state index contributed by atoms with van der Waals surface area (Å²) in [6.45, 7) is 8.18. The van der Waals surface area contributed by atoms with Gasteiger partial charge < -0.3 is 19.1 Å². The normalized spacial score (nSPS) is 18.9. The summed E-state index contributed by atoms with van der Waals surface area (Å²) in [7, 11) is 0. The molecule has 1 N–H and O–H groups in total.